The molecule has 2 aromatic rings. The minimum atomic E-state index is -1.23. The van der Waals surface area contributed by atoms with Crippen molar-refractivity contribution in [1.29, 1.82) is 0 Å². The summed E-state index contributed by atoms with van der Waals surface area (Å²) in [5.41, 5.74) is 1.10. The fourth-order valence-electron chi connectivity index (χ4n) is 3.87. The van der Waals surface area contributed by atoms with E-state index in [0.29, 0.717) is 6.61 Å². The number of rotatable bonds is 8. The van der Waals surface area contributed by atoms with Crippen LogP contribution in [0.1, 0.15) is 55.6 Å². The monoisotopic (exact) mass is 416 g/mol. The van der Waals surface area contributed by atoms with E-state index in [1.807, 2.05) is 18.2 Å². The lowest BCUT2D eigenvalue weighted by Gasteiger charge is -2.27. The first-order valence-electron chi connectivity index (χ1n) is 10.4. The van der Waals surface area contributed by atoms with Gasteiger partial charge in [0.05, 0.1) is 6.61 Å². The van der Waals surface area contributed by atoms with Crippen molar-refractivity contribution in [2.24, 2.45) is 5.92 Å². The van der Waals surface area contributed by atoms with Gasteiger partial charge in [-0.2, -0.15) is 4.39 Å². The molecule has 0 radical (unpaired) electrons. The van der Waals surface area contributed by atoms with Gasteiger partial charge in [-0.1, -0.05) is 24.3 Å². The first-order valence-corrected chi connectivity index (χ1v) is 10.4. The molecule has 1 N–H and O–H groups in total. The van der Waals surface area contributed by atoms with Crippen LogP contribution >= 0.6 is 0 Å². The Kier molecular flexibility index (Phi) is 7.61. The van der Waals surface area contributed by atoms with Gasteiger partial charge in [0.25, 0.3) is 0 Å². The minimum Gasteiger partial charge on any atom is -0.505 e. The molecule has 5 heteroatoms. The summed E-state index contributed by atoms with van der Waals surface area (Å²) in [4.78, 5) is 0. The summed E-state index contributed by atoms with van der Waals surface area (Å²) in [7, 11) is 0. The maximum absolute atomic E-state index is 14.4. The molecule has 0 aromatic heterocycles. The molecular formula is C25H27F3O2. The number of ether oxygens (including phenoxy) is 1. The van der Waals surface area contributed by atoms with Crippen molar-refractivity contribution in [2.45, 2.75) is 44.4 Å². The molecule has 1 fully saturated rings. The van der Waals surface area contributed by atoms with Crippen LogP contribution in [-0.2, 0) is 0 Å². The molecule has 1 saturated carbocycles. The third-order valence-corrected chi connectivity index (χ3v) is 5.65. The highest BCUT2D eigenvalue weighted by molar-refractivity contribution is 5.52. The zero-order chi connectivity index (χ0) is 21.5. The van der Waals surface area contributed by atoms with Gasteiger partial charge in [0.1, 0.15) is 0 Å². The Hall–Kier alpha value is -2.69. The molecule has 1 aliphatic carbocycles. The first-order chi connectivity index (χ1) is 14.5. The second kappa shape index (κ2) is 10.4. The zero-order valence-corrected chi connectivity index (χ0v) is 16.9. The van der Waals surface area contributed by atoms with E-state index in [0.717, 1.165) is 50.2 Å². The molecule has 2 nitrogen and oxygen atoms in total. The normalized spacial score (nSPS) is 19.2. The highest BCUT2D eigenvalue weighted by Gasteiger charge is 2.22. The van der Waals surface area contributed by atoms with Crippen molar-refractivity contribution in [2.75, 3.05) is 6.61 Å². The predicted octanol–water partition coefficient (Wildman–Crippen LogP) is 7.14. The summed E-state index contributed by atoms with van der Waals surface area (Å²) in [6, 6.07) is 7.71. The van der Waals surface area contributed by atoms with E-state index in [2.05, 4.69) is 6.58 Å². The van der Waals surface area contributed by atoms with Gasteiger partial charge in [-0.05, 0) is 80.2 Å². The maximum Gasteiger partial charge on any atom is 0.200 e. The quantitative estimate of drug-likeness (QED) is 0.366. The summed E-state index contributed by atoms with van der Waals surface area (Å²) >= 11 is 0. The van der Waals surface area contributed by atoms with Gasteiger partial charge in [0.15, 0.2) is 23.1 Å². The second-order valence-electron chi connectivity index (χ2n) is 7.74. The number of hydrogen-bond donors (Lipinski definition) is 1. The van der Waals surface area contributed by atoms with Crippen molar-refractivity contribution in [1.82, 2.24) is 0 Å². The molecule has 0 heterocycles. The Morgan fingerprint density at radius 1 is 1.03 bits per heavy atom. The Balaban J connectivity index is 1.54. The predicted molar refractivity (Wildman–Crippen MR) is 113 cm³/mol. The Bertz CT molecular complexity index is 900. The molecule has 1 aliphatic rings. The number of aromatic hydroxyl groups is 1. The SMILES string of the molecule is C=CCCCOc1ccc(C2CCC(/C=C/c3ccc(O)c(F)c3F)CC2)cc1F. The van der Waals surface area contributed by atoms with Crippen LogP contribution in [0.5, 0.6) is 11.5 Å². The summed E-state index contributed by atoms with van der Waals surface area (Å²) in [6.45, 7) is 4.12. The van der Waals surface area contributed by atoms with E-state index in [1.165, 1.54) is 6.07 Å². The average Bonchev–Trinajstić information content (AvgIpc) is 2.76. The van der Waals surface area contributed by atoms with Crippen LogP contribution in [0, 0.1) is 23.4 Å². The van der Waals surface area contributed by atoms with Gasteiger partial charge in [-0.25, -0.2) is 8.78 Å². The van der Waals surface area contributed by atoms with Gasteiger partial charge in [-0.3, -0.25) is 0 Å². The number of allylic oxidation sites excluding steroid dienone is 2. The molecule has 0 spiro atoms. The number of hydrogen-bond acceptors (Lipinski definition) is 2. The Labute approximate surface area is 175 Å². The number of unbranched alkanes of at least 4 members (excludes halogenated alkanes) is 1. The lowest BCUT2D eigenvalue weighted by Crippen LogP contribution is -2.12. The third-order valence-electron chi connectivity index (χ3n) is 5.65. The number of halogens is 3. The zero-order valence-electron chi connectivity index (χ0n) is 16.9. The van der Waals surface area contributed by atoms with Crippen molar-refractivity contribution < 1.29 is 23.0 Å². The summed E-state index contributed by atoms with van der Waals surface area (Å²) in [5, 5.41) is 9.20. The van der Waals surface area contributed by atoms with E-state index < -0.39 is 17.4 Å². The highest BCUT2D eigenvalue weighted by atomic mass is 19.2. The van der Waals surface area contributed by atoms with Crippen molar-refractivity contribution in [3.63, 3.8) is 0 Å². The van der Waals surface area contributed by atoms with Crippen LogP contribution in [-0.4, -0.2) is 11.7 Å². The van der Waals surface area contributed by atoms with Crippen LogP contribution in [0.4, 0.5) is 13.2 Å². The molecule has 0 saturated heterocycles. The van der Waals surface area contributed by atoms with Gasteiger partial charge in [0, 0.05) is 5.56 Å². The largest absolute Gasteiger partial charge is 0.505 e. The van der Waals surface area contributed by atoms with Gasteiger partial charge < -0.3 is 9.84 Å². The number of phenols is 1. The van der Waals surface area contributed by atoms with E-state index >= 15 is 0 Å². The summed E-state index contributed by atoms with van der Waals surface area (Å²) < 4.78 is 47.2. The fourth-order valence-corrected chi connectivity index (χ4v) is 3.87. The van der Waals surface area contributed by atoms with Gasteiger partial charge in [-0.15, -0.1) is 6.58 Å². The lowest BCUT2D eigenvalue weighted by molar-refractivity contribution is 0.296. The van der Waals surface area contributed by atoms with Crippen LogP contribution in [0.25, 0.3) is 6.08 Å². The van der Waals surface area contributed by atoms with E-state index in [-0.39, 0.29) is 29.0 Å². The molecule has 0 atom stereocenters. The summed E-state index contributed by atoms with van der Waals surface area (Å²) in [6.07, 6.45) is 10.5. The molecule has 0 aliphatic heterocycles. The van der Waals surface area contributed by atoms with E-state index in [4.69, 9.17) is 4.74 Å². The smallest absolute Gasteiger partial charge is 0.200 e. The molecule has 0 unspecified atom stereocenters. The Morgan fingerprint density at radius 2 is 1.80 bits per heavy atom. The maximum atomic E-state index is 14.4. The topological polar surface area (TPSA) is 29.5 Å². The fraction of sp³-hybridized carbons (Fsp3) is 0.360. The third kappa shape index (κ3) is 5.47. The van der Waals surface area contributed by atoms with Gasteiger partial charge in [0.2, 0.25) is 5.82 Å². The molecule has 2 aromatic carbocycles. The van der Waals surface area contributed by atoms with Crippen LogP contribution in [0.2, 0.25) is 0 Å². The molecule has 0 bridgehead atoms. The molecule has 3 rings (SSSR count). The second-order valence-corrected chi connectivity index (χ2v) is 7.74. The Morgan fingerprint density at radius 3 is 2.50 bits per heavy atom. The van der Waals surface area contributed by atoms with E-state index in [9.17, 15) is 18.3 Å². The van der Waals surface area contributed by atoms with Crippen LogP contribution < -0.4 is 4.74 Å². The van der Waals surface area contributed by atoms with Crippen molar-refractivity contribution >= 4 is 6.08 Å². The summed E-state index contributed by atoms with van der Waals surface area (Å²) in [5.74, 6) is -2.47. The minimum absolute atomic E-state index is 0.123. The van der Waals surface area contributed by atoms with Crippen LogP contribution in [0.3, 0.4) is 0 Å². The molecule has 160 valence electrons. The average molecular weight is 416 g/mol. The van der Waals surface area contributed by atoms with Crippen LogP contribution in [0.15, 0.2) is 49.1 Å². The van der Waals surface area contributed by atoms with Crippen molar-refractivity contribution in [3.05, 3.63) is 77.6 Å². The molecule has 0 amide bonds. The number of benzene rings is 2. The van der Waals surface area contributed by atoms with Gasteiger partial charge >= 0.3 is 0 Å². The van der Waals surface area contributed by atoms with E-state index in [1.54, 1.807) is 18.2 Å². The standard InChI is InChI=1S/C25H27F3O2/c1-2-3-4-15-30-23-14-12-20(16-21(23)26)18-8-5-17(6-9-18)7-10-19-11-13-22(29)25(28)24(19)27/h2,7,10-14,16-18,29H,1,3-6,8-9,15H2/b10-7+. The highest BCUT2D eigenvalue weighted by Crippen LogP contribution is 2.38. The first kappa shape index (κ1) is 22.0. The number of phenolic OH excluding ortho intramolecular Hbond substituents is 1. The molecule has 30 heavy (non-hydrogen) atoms. The molecular weight excluding hydrogens is 389 g/mol. The van der Waals surface area contributed by atoms with Crippen molar-refractivity contribution in [3.8, 4) is 11.5 Å². The lowest BCUT2D eigenvalue weighted by atomic mass is 9.78.